The third kappa shape index (κ3) is 8.04. The summed E-state index contributed by atoms with van der Waals surface area (Å²) in [6.07, 6.45) is 8.11. The Morgan fingerprint density at radius 3 is 2.53 bits per heavy atom. The minimum absolute atomic E-state index is 0.00491. The molecule has 1 aliphatic carbocycles. The minimum atomic E-state index is -0.966. The quantitative estimate of drug-likeness (QED) is 0.136. The van der Waals surface area contributed by atoms with E-state index in [4.69, 9.17) is 4.98 Å². The molecule has 15 heteroatoms. The van der Waals surface area contributed by atoms with Gasteiger partial charge in [-0.15, -0.1) is 0 Å². The van der Waals surface area contributed by atoms with Gasteiger partial charge in [0.05, 0.1) is 22.3 Å². The number of carbonyl (C=O) groups excluding carboxylic acids is 5. The number of nitrogens with zero attached hydrogens (tertiary/aromatic N) is 7. The van der Waals surface area contributed by atoms with Gasteiger partial charge in [0.15, 0.2) is 0 Å². The van der Waals surface area contributed by atoms with Gasteiger partial charge in [0.1, 0.15) is 6.04 Å². The zero-order valence-corrected chi connectivity index (χ0v) is 33.5. The highest BCUT2D eigenvalue weighted by Crippen LogP contribution is 2.32. The van der Waals surface area contributed by atoms with Crippen LogP contribution in [0.15, 0.2) is 48.7 Å². The highest BCUT2D eigenvalue weighted by molar-refractivity contribution is 6.24. The predicted molar refractivity (Wildman–Crippen MR) is 218 cm³/mol. The molecule has 6 amide bonds. The molecule has 304 valence electrons. The lowest BCUT2D eigenvalue weighted by Crippen LogP contribution is -2.54. The number of urea groups is 1. The van der Waals surface area contributed by atoms with E-state index in [0.29, 0.717) is 42.5 Å². The fourth-order valence-electron chi connectivity index (χ4n) is 9.14. The number of piperazine rings is 1. The number of anilines is 1. The first-order valence-electron chi connectivity index (χ1n) is 20.7. The fourth-order valence-corrected chi connectivity index (χ4v) is 9.14. The van der Waals surface area contributed by atoms with Gasteiger partial charge in [0, 0.05) is 74.6 Å². The van der Waals surface area contributed by atoms with Crippen LogP contribution in [0.4, 0.5) is 10.7 Å². The molecule has 1 unspecified atom stereocenters. The molecular formula is C43H52N10O5. The standard InChI is InChI=1S/C43H52N10O5/c1-26(2)38-32-24-28(11-14-34(32)49-50(38)3)33-17-18-44-42(47-33)45-29-12-13-30(25-29)46-43(58)52-22-20-51(21-23-52)19-6-4-5-8-27-9-7-10-31-37(27)41(57)53(40(31)56)35-15-16-36(54)48-39(35)55/h7,9-11,14,17-18,24,26,29-30,35H,4-6,8,12-13,15-16,19-23,25H2,1-3H3,(H,46,58)(H,44,45,47)(H,48,54,55)/t29-,30-,35?/m0/s1. The van der Waals surface area contributed by atoms with E-state index < -0.39 is 23.8 Å². The summed E-state index contributed by atoms with van der Waals surface area (Å²) in [4.78, 5) is 78.6. The Balaban J connectivity index is 0.749. The van der Waals surface area contributed by atoms with E-state index in [1.165, 1.54) is 5.69 Å². The van der Waals surface area contributed by atoms with Crippen LogP contribution in [0.25, 0.3) is 22.2 Å². The summed E-state index contributed by atoms with van der Waals surface area (Å²) in [7, 11) is 1.99. The van der Waals surface area contributed by atoms with Crippen molar-refractivity contribution in [1.29, 1.82) is 0 Å². The van der Waals surface area contributed by atoms with Crippen LogP contribution < -0.4 is 16.0 Å². The highest BCUT2D eigenvalue weighted by atomic mass is 16.2. The normalized spacial score (nSPS) is 21.3. The van der Waals surface area contributed by atoms with Gasteiger partial charge in [0.2, 0.25) is 17.8 Å². The van der Waals surface area contributed by atoms with Crippen molar-refractivity contribution in [3.8, 4) is 11.3 Å². The molecule has 4 aromatic rings. The predicted octanol–water partition coefficient (Wildman–Crippen LogP) is 4.63. The maximum absolute atomic E-state index is 13.4. The average molecular weight is 789 g/mol. The first-order chi connectivity index (χ1) is 28.0. The lowest BCUT2D eigenvalue weighted by atomic mass is 9.98. The largest absolute Gasteiger partial charge is 0.351 e. The van der Waals surface area contributed by atoms with E-state index >= 15 is 0 Å². The summed E-state index contributed by atoms with van der Waals surface area (Å²) >= 11 is 0. The highest BCUT2D eigenvalue weighted by Gasteiger charge is 2.45. The van der Waals surface area contributed by atoms with Crippen molar-refractivity contribution in [2.75, 3.05) is 38.0 Å². The van der Waals surface area contributed by atoms with Gasteiger partial charge in [-0.2, -0.15) is 5.10 Å². The van der Waals surface area contributed by atoms with E-state index in [0.717, 1.165) is 90.8 Å². The van der Waals surface area contributed by atoms with Crippen molar-refractivity contribution < 1.29 is 24.0 Å². The molecule has 3 fully saturated rings. The number of piperidine rings is 1. The maximum atomic E-state index is 13.4. The van der Waals surface area contributed by atoms with E-state index in [1.54, 1.807) is 18.3 Å². The van der Waals surface area contributed by atoms with E-state index in [-0.39, 0.29) is 36.9 Å². The van der Waals surface area contributed by atoms with Crippen LogP contribution >= 0.6 is 0 Å². The molecule has 0 radical (unpaired) electrons. The summed E-state index contributed by atoms with van der Waals surface area (Å²) in [6.45, 7) is 8.29. The zero-order valence-electron chi connectivity index (χ0n) is 33.5. The van der Waals surface area contributed by atoms with E-state index in [1.807, 2.05) is 28.8 Å². The monoisotopic (exact) mass is 788 g/mol. The summed E-state index contributed by atoms with van der Waals surface area (Å²) in [6, 6.07) is 12.8. The van der Waals surface area contributed by atoms with Gasteiger partial charge in [-0.05, 0) is 87.2 Å². The number of amides is 6. The molecule has 2 aromatic heterocycles. The molecule has 3 aliphatic heterocycles. The Morgan fingerprint density at radius 2 is 1.74 bits per heavy atom. The molecule has 3 atom stereocenters. The van der Waals surface area contributed by atoms with Crippen LogP contribution in [-0.4, -0.2) is 115 Å². The van der Waals surface area contributed by atoms with Crippen LogP contribution in [0, 0.1) is 0 Å². The number of nitrogens with one attached hydrogen (secondary N) is 3. The van der Waals surface area contributed by atoms with Crippen LogP contribution in [0.3, 0.4) is 0 Å². The zero-order chi connectivity index (χ0) is 40.5. The van der Waals surface area contributed by atoms with Gasteiger partial charge in [0.25, 0.3) is 11.8 Å². The smallest absolute Gasteiger partial charge is 0.317 e. The van der Waals surface area contributed by atoms with Crippen molar-refractivity contribution in [3.05, 3.63) is 71.0 Å². The number of aryl methyl sites for hydroxylation is 2. The Morgan fingerprint density at radius 1 is 0.931 bits per heavy atom. The van der Waals surface area contributed by atoms with Crippen molar-refractivity contribution in [2.24, 2.45) is 7.05 Å². The number of hydrogen-bond acceptors (Lipinski definition) is 10. The second-order valence-electron chi connectivity index (χ2n) is 16.4. The van der Waals surface area contributed by atoms with Crippen molar-refractivity contribution in [1.82, 2.24) is 45.1 Å². The Bertz CT molecular complexity index is 2250. The van der Waals surface area contributed by atoms with Crippen molar-refractivity contribution >= 4 is 46.5 Å². The third-order valence-corrected chi connectivity index (χ3v) is 12.1. The summed E-state index contributed by atoms with van der Waals surface area (Å²) in [5.41, 5.74) is 5.57. The Hall–Kier alpha value is -5.70. The molecule has 3 N–H and O–H groups in total. The molecule has 8 rings (SSSR count). The number of unbranched alkanes of at least 4 members (excludes halogenated alkanes) is 2. The summed E-state index contributed by atoms with van der Waals surface area (Å²) in [5, 5.41) is 14.9. The average Bonchev–Trinajstić information content (AvgIpc) is 3.87. The van der Waals surface area contributed by atoms with Crippen molar-refractivity contribution in [2.45, 2.75) is 95.7 Å². The summed E-state index contributed by atoms with van der Waals surface area (Å²) in [5.74, 6) is -0.981. The molecule has 2 aromatic carbocycles. The molecule has 1 saturated carbocycles. The number of aromatic nitrogens is 4. The van der Waals surface area contributed by atoms with Crippen LogP contribution in [-0.2, 0) is 23.1 Å². The first-order valence-corrected chi connectivity index (χ1v) is 20.7. The molecule has 58 heavy (non-hydrogen) atoms. The Kier molecular flexibility index (Phi) is 11.2. The number of imide groups is 2. The van der Waals surface area contributed by atoms with E-state index in [2.05, 4.69) is 63.0 Å². The number of hydrogen-bond donors (Lipinski definition) is 3. The summed E-state index contributed by atoms with van der Waals surface area (Å²) < 4.78 is 1.96. The van der Waals surface area contributed by atoms with Gasteiger partial charge in [-0.1, -0.05) is 38.5 Å². The third-order valence-electron chi connectivity index (χ3n) is 12.1. The Labute approximate surface area is 337 Å². The molecule has 15 nitrogen and oxygen atoms in total. The van der Waals surface area contributed by atoms with Crippen LogP contribution in [0.5, 0.6) is 0 Å². The fraction of sp³-hybridized carbons (Fsp3) is 0.488. The molecule has 4 aliphatic rings. The van der Waals surface area contributed by atoms with E-state index in [9.17, 15) is 24.0 Å². The molecule has 5 heterocycles. The van der Waals surface area contributed by atoms with Gasteiger partial charge < -0.3 is 15.5 Å². The number of carbonyl (C=O) groups is 5. The number of rotatable bonds is 12. The van der Waals surface area contributed by atoms with Crippen LogP contribution in [0.1, 0.15) is 103 Å². The second-order valence-corrected chi connectivity index (χ2v) is 16.4. The molecule has 2 saturated heterocycles. The molecular weight excluding hydrogens is 737 g/mol. The number of benzene rings is 2. The van der Waals surface area contributed by atoms with Crippen molar-refractivity contribution in [3.63, 3.8) is 0 Å². The van der Waals surface area contributed by atoms with Crippen LogP contribution in [0.2, 0.25) is 0 Å². The lowest BCUT2D eigenvalue weighted by molar-refractivity contribution is -0.136. The minimum Gasteiger partial charge on any atom is -0.351 e. The molecule has 0 bridgehead atoms. The topological polar surface area (TPSA) is 175 Å². The number of fused-ring (bicyclic) bond motifs is 2. The van der Waals surface area contributed by atoms with Gasteiger partial charge >= 0.3 is 6.03 Å². The first kappa shape index (κ1) is 39.1. The molecule has 0 spiro atoms. The van der Waals surface area contributed by atoms with Gasteiger partial charge in [-0.3, -0.25) is 39.0 Å². The second kappa shape index (κ2) is 16.6. The lowest BCUT2D eigenvalue weighted by Gasteiger charge is -2.35. The SMILES string of the molecule is CC(C)c1c2cc(-c3ccnc(N[C@H]4CC[C@H](NC(=O)N5CCN(CCCCCc6cccc7c6C(=O)N(C6CCC(=O)NC6=O)C7=O)CC5)C4)n3)ccc2nn1C. The maximum Gasteiger partial charge on any atom is 0.317 e. The van der Waals surface area contributed by atoms with Gasteiger partial charge in [-0.25, -0.2) is 14.8 Å².